The quantitative estimate of drug-likeness (QED) is 0.688. The van der Waals surface area contributed by atoms with E-state index in [9.17, 15) is 4.79 Å². The molecule has 0 N–H and O–H groups in total. The van der Waals surface area contributed by atoms with E-state index in [2.05, 4.69) is 14.5 Å². The van der Waals surface area contributed by atoms with Crippen molar-refractivity contribution in [2.75, 3.05) is 6.54 Å². The molecular formula is C16H17N5O. The van der Waals surface area contributed by atoms with Crippen LogP contribution in [0.3, 0.4) is 0 Å². The fourth-order valence-electron chi connectivity index (χ4n) is 3.03. The molecule has 3 aromatic rings. The van der Waals surface area contributed by atoms with Crippen LogP contribution in [0.4, 0.5) is 0 Å². The van der Waals surface area contributed by atoms with Gasteiger partial charge in [-0.3, -0.25) is 9.20 Å². The molecule has 1 aliphatic heterocycles. The van der Waals surface area contributed by atoms with Crippen LogP contribution in [0.25, 0.3) is 5.65 Å². The van der Waals surface area contributed by atoms with Gasteiger partial charge < -0.3 is 9.47 Å². The number of hydrogen-bond acceptors (Lipinski definition) is 3. The van der Waals surface area contributed by atoms with Crippen LogP contribution in [-0.4, -0.2) is 36.3 Å². The third-order valence-corrected chi connectivity index (χ3v) is 4.21. The summed E-state index contributed by atoms with van der Waals surface area (Å²) in [6.07, 6.45) is 5.57. The summed E-state index contributed by atoms with van der Waals surface area (Å²) in [5, 5.41) is 0. The first-order valence-electron chi connectivity index (χ1n) is 7.37. The van der Waals surface area contributed by atoms with Crippen molar-refractivity contribution in [1.82, 2.24) is 23.8 Å². The highest BCUT2D eigenvalue weighted by molar-refractivity contribution is 5.94. The summed E-state index contributed by atoms with van der Waals surface area (Å²) in [7, 11) is 0. The number of aromatic nitrogens is 4. The lowest BCUT2D eigenvalue weighted by Crippen LogP contribution is -2.38. The van der Waals surface area contributed by atoms with Crippen molar-refractivity contribution in [3.8, 4) is 0 Å². The zero-order valence-electron chi connectivity index (χ0n) is 12.7. The van der Waals surface area contributed by atoms with Crippen molar-refractivity contribution in [2.24, 2.45) is 0 Å². The molecule has 0 aromatic carbocycles. The first-order chi connectivity index (χ1) is 10.6. The van der Waals surface area contributed by atoms with Gasteiger partial charge in [0.15, 0.2) is 0 Å². The molecule has 1 amide bonds. The van der Waals surface area contributed by atoms with Gasteiger partial charge in [-0.15, -0.1) is 0 Å². The summed E-state index contributed by atoms with van der Waals surface area (Å²) in [6.45, 7) is 6.00. The molecule has 22 heavy (non-hydrogen) atoms. The fraction of sp³-hybridized carbons (Fsp3) is 0.312. The maximum Gasteiger partial charge on any atom is 0.273 e. The smallest absolute Gasteiger partial charge is 0.273 e. The van der Waals surface area contributed by atoms with E-state index in [1.165, 1.54) is 0 Å². The third-order valence-electron chi connectivity index (χ3n) is 4.21. The Balaban J connectivity index is 1.73. The topological polar surface area (TPSA) is 55.4 Å². The molecule has 6 heteroatoms. The Morgan fingerprint density at radius 2 is 2.14 bits per heavy atom. The molecule has 4 rings (SSSR count). The molecule has 0 saturated carbocycles. The molecule has 0 radical (unpaired) electrons. The normalized spacial score (nSPS) is 14.4. The van der Waals surface area contributed by atoms with Gasteiger partial charge in [-0.1, -0.05) is 0 Å². The van der Waals surface area contributed by atoms with E-state index in [4.69, 9.17) is 0 Å². The Hall–Kier alpha value is -2.63. The van der Waals surface area contributed by atoms with Gasteiger partial charge in [0.1, 0.15) is 11.3 Å². The molecule has 0 fully saturated rings. The average molecular weight is 295 g/mol. The van der Waals surface area contributed by atoms with E-state index in [-0.39, 0.29) is 5.91 Å². The second kappa shape index (κ2) is 4.69. The number of fused-ring (bicyclic) bond motifs is 2. The number of carbonyl (C=O) groups excluding carboxylic acids is 1. The maximum atomic E-state index is 12.9. The van der Waals surface area contributed by atoms with E-state index in [0.717, 1.165) is 29.1 Å². The molecule has 0 aliphatic carbocycles. The Labute approximate surface area is 128 Å². The first kappa shape index (κ1) is 13.1. The van der Waals surface area contributed by atoms with E-state index < -0.39 is 0 Å². The fourth-order valence-corrected chi connectivity index (χ4v) is 3.03. The monoisotopic (exact) mass is 295 g/mol. The van der Waals surface area contributed by atoms with Gasteiger partial charge in [-0.05, 0) is 31.5 Å². The molecule has 0 saturated heterocycles. The van der Waals surface area contributed by atoms with Crippen molar-refractivity contribution >= 4 is 11.6 Å². The summed E-state index contributed by atoms with van der Waals surface area (Å²) < 4.78 is 3.98. The highest BCUT2D eigenvalue weighted by Crippen LogP contribution is 2.19. The Morgan fingerprint density at radius 1 is 1.27 bits per heavy atom. The Bertz CT molecular complexity index is 876. The summed E-state index contributed by atoms with van der Waals surface area (Å²) in [6, 6.07) is 3.99. The molecule has 1 aliphatic rings. The predicted molar refractivity (Wildman–Crippen MR) is 81.6 cm³/mol. The van der Waals surface area contributed by atoms with Crippen LogP contribution in [0.2, 0.25) is 0 Å². The lowest BCUT2D eigenvalue weighted by molar-refractivity contribution is 0.0703. The number of pyridine rings is 1. The van der Waals surface area contributed by atoms with Gasteiger partial charge in [0.25, 0.3) is 5.91 Å². The molecule has 0 atom stereocenters. The van der Waals surface area contributed by atoms with E-state index in [1.54, 1.807) is 0 Å². The van der Waals surface area contributed by atoms with Crippen LogP contribution >= 0.6 is 0 Å². The van der Waals surface area contributed by atoms with Crippen LogP contribution in [-0.2, 0) is 13.1 Å². The van der Waals surface area contributed by atoms with Crippen LogP contribution < -0.4 is 0 Å². The standard InChI is InChI=1S/C16H17N5O/c1-11-3-4-21-14(7-11)18-12(2)15(21)16(22)19-5-6-20-10-17-8-13(20)9-19/h3-4,7-8,10H,5-6,9H2,1-2H3. The van der Waals surface area contributed by atoms with Gasteiger partial charge >= 0.3 is 0 Å². The maximum absolute atomic E-state index is 12.9. The highest BCUT2D eigenvalue weighted by Gasteiger charge is 2.26. The van der Waals surface area contributed by atoms with Crippen molar-refractivity contribution in [1.29, 1.82) is 0 Å². The second-order valence-electron chi connectivity index (χ2n) is 5.78. The van der Waals surface area contributed by atoms with E-state index >= 15 is 0 Å². The van der Waals surface area contributed by atoms with Gasteiger partial charge in [0.2, 0.25) is 0 Å². The first-order valence-corrected chi connectivity index (χ1v) is 7.37. The minimum Gasteiger partial charge on any atom is -0.331 e. The molecule has 4 heterocycles. The zero-order chi connectivity index (χ0) is 15.3. The highest BCUT2D eigenvalue weighted by atomic mass is 16.2. The number of imidazole rings is 2. The van der Waals surface area contributed by atoms with Crippen LogP contribution in [0.15, 0.2) is 30.9 Å². The number of nitrogens with zero attached hydrogens (tertiary/aromatic N) is 5. The molecule has 0 bridgehead atoms. The van der Waals surface area contributed by atoms with E-state index in [1.807, 2.05) is 54.0 Å². The Kier molecular flexibility index (Phi) is 2.79. The molecule has 3 aromatic heterocycles. The predicted octanol–water partition coefficient (Wildman–Crippen LogP) is 1.80. The van der Waals surface area contributed by atoms with Crippen molar-refractivity contribution in [3.63, 3.8) is 0 Å². The van der Waals surface area contributed by atoms with Crippen molar-refractivity contribution < 1.29 is 4.79 Å². The summed E-state index contributed by atoms with van der Waals surface area (Å²) in [5.74, 6) is 0.0290. The largest absolute Gasteiger partial charge is 0.331 e. The minimum atomic E-state index is 0.0290. The van der Waals surface area contributed by atoms with Gasteiger partial charge in [-0.25, -0.2) is 9.97 Å². The number of hydrogen-bond donors (Lipinski definition) is 0. The lowest BCUT2D eigenvalue weighted by atomic mass is 10.2. The average Bonchev–Trinajstić information content (AvgIpc) is 3.08. The molecule has 6 nitrogen and oxygen atoms in total. The van der Waals surface area contributed by atoms with Crippen molar-refractivity contribution in [3.05, 3.63) is 53.5 Å². The molecule has 0 unspecified atom stereocenters. The number of carbonyl (C=O) groups is 1. The van der Waals surface area contributed by atoms with Crippen LogP contribution in [0.5, 0.6) is 0 Å². The summed E-state index contributed by atoms with van der Waals surface area (Å²) in [4.78, 5) is 23.5. The Morgan fingerprint density at radius 3 is 3.00 bits per heavy atom. The molecule has 112 valence electrons. The van der Waals surface area contributed by atoms with Crippen molar-refractivity contribution in [2.45, 2.75) is 26.9 Å². The van der Waals surface area contributed by atoms with Gasteiger partial charge in [-0.2, -0.15) is 0 Å². The molecular weight excluding hydrogens is 278 g/mol. The van der Waals surface area contributed by atoms with E-state index in [0.29, 0.717) is 18.8 Å². The van der Waals surface area contributed by atoms with Gasteiger partial charge in [0, 0.05) is 25.5 Å². The second-order valence-corrected chi connectivity index (χ2v) is 5.78. The van der Waals surface area contributed by atoms with Gasteiger partial charge in [0.05, 0.1) is 24.3 Å². The SMILES string of the molecule is Cc1ccn2c(C(=O)N3CCn4cncc4C3)c(C)nc2c1. The lowest BCUT2D eigenvalue weighted by Gasteiger charge is -2.28. The minimum absolute atomic E-state index is 0.0290. The molecule has 0 spiro atoms. The third kappa shape index (κ3) is 1.91. The number of amides is 1. The summed E-state index contributed by atoms with van der Waals surface area (Å²) in [5.41, 5.74) is 4.46. The van der Waals surface area contributed by atoms with Crippen LogP contribution in [0.1, 0.15) is 27.4 Å². The summed E-state index contributed by atoms with van der Waals surface area (Å²) >= 11 is 0. The van der Waals surface area contributed by atoms with Crippen LogP contribution in [0, 0.1) is 13.8 Å². The number of rotatable bonds is 1. The zero-order valence-corrected chi connectivity index (χ0v) is 12.7. The number of aryl methyl sites for hydroxylation is 2.